The number of benzene rings is 1. The average molecular weight is 360 g/mol. The van der Waals surface area contributed by atoms with Crippen LogP contribution in [0.25, 0.3) is 0 Å². The molecule has 5 nitrogen and oxygen atoms in total. The summed E-state index contributed by atoms with van der Waals surface area (Å²) in [5, 5.41) is 2.20. The van der Waals surface area contributed by atoms with Crippen LogP contribution >= 0.6 is 22.9 Å². The Balaban J connectivity index is 2.06. The molecule has 8 heteroatoms. The average Bonchev–Trinajstić information content (AvgIpc) is 2.96. The molecule has 1 aromatic carbocycles. The van der Waals surface area contributed by atoms with Crippen LogP contribution in [0.3, 0.4) is 0 Å². The minimum Gasteiger partial charge on any atom is -0.425 e. The van der Waals surface area contributed by atoms with Crippen molar-refractivity contribution < 1.29 is 17.9 Å². The highest BCUT2D eigenvalue weighted by atomic mass is 35.5. The summed E-state index contributed by atoms with van der Waals surface area (Å²) in [5.41, 5.74) is 0.699. The number of hydrogen-bond donors (Lipinski definition) is 0. The number of ether oxygens (including phenoxy) is 1. The molecular weight excluding hydrogens is 346 g/mol. The lowest BCUT2D eigenvalue weighted by molar-refractivity contribution is -0.134. The number of likely N-dealkylation sites (N-methyl/N-ethyl adjacent to an activating group) is 1. The van der Waals surface area contributed by atoms with Gasteiger partial charge in [0.05, 0.1) is 0 Å². The van der Waals surface area contributed by atoms with Gasteiger partial charge in [-0.15, -0.1) is 11.3 Å². The normalized spacial score (nSPS) is 11.6. The molecule has 118 valence electrons. The monoisotopic (exact) mass is 359 g/mol. The van der Waals surface area contributed by atoms with Crippen molar-refractivity contribution in [2.24, 2.45) is 0 Å². The van der Waals surface area contributed by atoms with Crippen molar-refractivity contribution in [3.63, 3.8) is 0 Å². The van der Waals surface area contributed by atoms with Crippen molar-refractivity contribution in [3.8, 4) is 5.75 Å². The van der Waals surface area contributed by atoms with Gasteiger partial charge in [0.1, 0.15) is 16.5 Å². The highest BCUT2D eigenvalue weighted by Gasteiger charge is 2.24. The van der Waals surface area contributed by atoms with Gasteiger partial charge >= 0.3 is 5.97 Å². The van der Waals surface area contributed by atoms with Crippen molar-refractivity contribution >= 4 is 38.9 Å². The van der Waals surface area contributed by atoms with E-state index in [1.54, 1.807) is 36.6 Å². The first-order valence-corrected chi connectivity index (χ1v) is 8.97. The molecule has 0 aliphatic rings. The number of aryl methyl sites for hydroxylation is 1. The van der Waals surface area contributed by atoms with Crippen LogP contribution in [-0.4, -0.2) is 32.3 Å². The fourth-order valence-electron chi connectivity index (χ4n) is 1.71. The highest BCUT2D eigenvalue weighted by Crippen LogP contribution is 2.23. The highest BCUT2D eigenvalue weighted by molar-refractivity contribution is 7.91. The van der Waals surface area contributed by atoms with Gasteiger partial charge in [0.25, 0.3) is 10.0 Å². The second kappa shape index (κ2) is 6.78. The van der Waals surface area contributed by atoms with Crippen LogP contribution in [0.4, 0.5) is 0 Å². The second-order valence-electron chi connectivity index (χ2n) is 4.58. The number of halogens is 1. The molecule has 0 spiro atoms. The lowest BCUT2D eigenvalue weighted by Crippen LogP contribution is -2.33. The molecule has 0 radical (unpaired) electrons. The molecule has 2 aromatic rings. The molecule has 0 saturated heterocycles. The summed E-state index contributed by atoms with van der Waals surface area (Å²) < 4.78 is 30.7. The third-order valence-electron chi connectivity index (χ3n) is 2.87. The lowest BCUT2D eigenvalue weighted by Gasteiger charge is -2.15. The van der Waals surface area contributed by atoms with Crippen LogP contribution in [-0.2, 0) is 14.8 Å². The molecule has 1 heterocycles. The van der Waals surface area contributed by atoms with Gasteiger partial charge in [0.15, 0.2) is 0 Å². The van der Waals surface area contributed by atoms with E-state index in [2.05, 4.69) is 0 Å². The van der Waals surface area contributed by atoms with E-state index in [9.17, 15) is 13.2 Å². The van der Waals surface area contributed by atoms with Crippen molar-refractivity contribution in [2.45, 2.75) is 11.1 Å². The molecule has 22 heavy (non-hydrogen) atoms. The van der Waals surface area contributed by atoms with E-state index in [0.717, 1.165) is 15.6 Å². The number of carbonyl (C=O) groups is 1. The van der Waals surface area contributed by atoms with E-state index in [-0.39, 0.29) is 10.8 Å². The Morgan fingerprint density at radius 3 is 2.68 bits per heavy atom. The summed E-state index contributed by atoms with van der Waals surface area (Å²) in [7, 11) is -2.33. The standard InChI is InChI=1S/C14H14ClNO4S2/c1-10-8-11(15)5-6-12(10)20-13(17)9-16(2)22(18,19)14-4-3-7-21-14/h3-8H,9H2,1-2H3. The summed E-state index contributed by atoms with van der Waals surface area (Å²) >= 11 is 6.92. The van der Waals surface area contributed by atoms with Crippen LogP contribution in [0.1, 0.15) is 5.56 Å². The molecule has 0 unspecified atom stereocenters. The van der Waals surface area contributed by atoms with Crippen molar-refractivity contribution in [2.75, 3.05) is 13.6 Å². The molecule has 0 atom stereocenters. The van der Waals surface area contributed by atoms with Crippen molar-refractivity contribution in [1.82, 2.24) is 4.31 Å². The maximum absolute atomic E-state index is 12.2. The van der Waals surface area contributed by atoms with Crippen LogP contribution < -0.4 is 4.74 Å². The number of nitrogens with zero attached hydrogens (tertiary/aromatic N) is 1. The summed E-state index contributed by atoms with van der Waals surface area (Å²) in [6.07, 6.45) is 0. The summed E-state index contributed by atoms with van der Waals surface area (Å²) in [6, 6.07) is 7.97. The molecule has 1 aromatic heterocycles. The maximum atomic E-state index is 12.2. The van der Waals surface area contributed by atoms with E-state index in [1.807, 2.05) is 0 Å². The van der Waals surface area contributed by atoms with E-state index in [4.69, 9.17) is 16.3 Å². The molecule has 0 fully saturated rings. The zero-order chi connectivity index (χ0) is 16.3. The topological polar surface area (TPSA) is 63.7 Å². The van der Waals surface area contributed by atoms with Gasteiger partial charge in [-0.2, -0.15) is 4.31 Å². The Hall–Kier alpha value is -1.41. The fraction of sp³-hybridized carbons (Fsp3) is 0.214. The Labute approximate surface area is 138 Å². The molecular formula is C14H14ClNO4S2. The van der Waals surface area contributed by atoms with Gasteiger partial charge in [0.2, 0.25) is 0 Å². The number of carbonyl (C=O) groups excluding carboxylic acids is 1. The molecule has 0 bridgehead atoms. The van der Waals surface area contributed by atoms with Gasteiger partial charge in [0, 0.05) is 12.1 Å². The number of rotatable bonds is 5. The maximum Gasteiger partial charge on any atom is 0.326 e. The van der Waals surface area contributed by atoms with E-state index in [1.165, 1.54) is 13.1 Å². The molecule has 0 aliphatic heterocycles. The predicted molar refractivity (Wildman–Crippen MR) is 86.0 cm³/mol. The van der Waals surface area contributed by atoms with Gasteiger partial charge in [-0.3, -0.25) is 4.79 Å². The first-order valence-electron chi connectivity index (χ1n) is 6.27. The summed E-state index contributed by atoms with van der Waals surface area (Å²) in [4.78, 5) is 11.9. The lowest BCUT2D eigenvalue weighted by atomic mass is 10.2. The zero-order valence-electron chi connectivity index (χ0n) is 11.9. The van der Waals surface area contributed by atoms with Gasteiger partial charge in [-0.1, -0.05) is 17.7 Å². The van der Waals surface area contributed by atoms with E-state index in [0.29, 0.717) is 16.3 Å². The van der Waals surface area contributed by atoms with Gasteiger partial charge in [-0.05, 0) is 42.1 Å². The number of hydrogen-bond acceptors (Lipinski definition) is 5. The minimum absolute atomic E-state index is 0.186. The first-order chi connectivity index (χ1) is 10.3. The molecule has 0 saturated carbocycles. The van der Waals surface area contributed by atoms with Crippen LogP contribution in [0.2, 0.25) is 5.02 Å². The Bertz CT molecular complexity index is 772. The van der Waals surface area contributed by atoms with Gasteiger partial charge < -0.3 is 4.74 Å². The number of sulfonamides is 1. The van der Waals surface area contributed by atoms with Crippen molar-refractivity contribution in [3.05, 3.63) is 46.3 Å². The van der Waals surface area contributed by atoms with E-state index >= 15 is 0 Å². The Kier molecular flexibility index (Phi) is 5.23. The third-order valence-corrected chi connectivity index (χ3v) is 6.28. The van der Waals surface area contributed by atoms with Crippen LogP contribution in [0, 0.1) is 6.92 Å². The molecule has 2 rings (SSSR count). The van der Waals surface area contributed by atoms with Crippen molar-refractivity contribution in [1.29, 1.82) is 0 Å². The summed E-state index contributed by atoms with van der Waals surface area (Å²) in [5.74, 6) is -0.302. The second-order valence-corrected chi connectivity index (χ2v) is 8.23. The zero-order valence-corrected chi connectivity index (χ0v) is 14.3. The number of thiophene rings is 1. The fourth-order valence-corrected chi connectivity index (χ4v) is 4.26. The smallest absolute Gasteiger partial charge is 0.326 e. The van der Waals surface area contributed by atoms with Crippen LogP contribution in [0.15, 0.2) is 39.9 Å². The molecule has 0 aliphatic carbocycles. The quantitative estimate of drug-likeness (QED) is 0.608. The minimum atomic E-state index is -3.67. The molecule has 0 N–H and O–H groups in total. The predicted octanol–water partition coefficient (Wildman–Crippen LogP) is 2.94. The largest absolute Gasteiger partial charge is 0.425 e. The Morgan fingerprint density at radius 2 is 2.09 bits per heavy atom. The Morgan fingerprint density at radius 1 is 1.36 bits per heavy atom. The van der Waals surface area contributed by atoms with E-state index < -0.39 is 16.0 Å². The SMILES string of the molecule is Cc1cc(Cl)ccc1OC(=O)CN(C)S(=O)(=O)c1cccs1. The first kappa shape index (κ1) is 17.0. The van der Waals surface area contributed by atoms with Gasteiger partial charge in [-0.25, -0.2) is 8.42 Å². The summed E-state index contributed by atoms with van der Waals surface area (Å²) in [6.45, 7) is 1.38. The third kappa shape index (κ3) is 3.86. The molecule has 0 amide bonds. The van der Waals surface area contributed by atoms with Crippen LogP contribution in [0.5, 0.6) is 5.75 Å². The number of esters is 1.